The monoisotopic (exact) mass is 1140 g/mol. The van der Waals surface area contributed by atoms with Crippen molar-refractivity contribution in [2.24, 2.45) is 0 Å². The van der Waals surface area contributed by atoms with Crippen molar-refractivity contribution in [1.82, 2.24) is 0 Å². The number of rotatable bonds is 27. The fourth-order valence-corrected chi connectivity index (χ4v) is 9.80. The molecule has 0 N–H and O–H groups in total. The third kappa shape index (κ3) is 18.5. The molecule has 442 valence electrons. The number of esters is 6. The van der Waals surface area contributed by atoms with Crippen molar-refractivity contribution in [3.8, 4) is 0 Å². The van der Waals surface area contributed by atoms with Gasteiger partial charge < -0.3 is 71.1 Å². The van der Waals surface area contributed by atoms with Crippen LogP contribution in [-0.2, 0) is 126 Å². The van der Waals surface area contributed by atoms with Crippen molar-refractivity contribution < 1.29 is 99.8 Å². The Balaban J connectivity index is 1.34. The molecule has 21 heteroatoms. The molecular weight excluding hydrogens is 1070 g/mol. The average molecular weight is 1140 g/mol. The van der Waals surface area contributed by atoms with E-state index in [9.17, 15) is 28.8 Å². The van der Waals surface area contributed by atoms with Crippen molar-refractivity contribution in [3.05, 3.63) is 156 Å². The van der Waals surface area contributed by atoms with Gasteiger partial charge in [-0.1, -0.05) is 127 Å². The first-order chi connectivity index (χ1) is 39.6. The van der Waals surface area contributed by atoms with Gasteiger partial charge in [-0.15, -0.1) is 6.58 Å². The van der Waals surface area contributed by atoms with Gasteiger partial charge in [0.2, 0.25) is 0 Å². The summed E-state index contributed by atoms with van der Waals surface area (Å²) in [7, 11) is 0. The van der Waals surface area contributed by atoms with Gasteiger partial charge in [0.05, 0.1) is 33.0 Å². The molecule has 21 nitrogen and oxygen atoms in total. The summed E-state index contributed by atoms with van der Waals surface area (Å²) in [6.07, 6.45) is -19.2. The highest BCUT2D eigenvalue weighted by Crippen LogP contribution is 2.39. The molecule has 15 atom stereocenters. The standard InChI is InChI=1S/C61H72O21/c1-8-21-47-52(74-39(4)64)56(75-40(5)65)53(49(78-47)35-69-37(2)62)82-61-59(77-42(7)67)57(76-41(6)66)54(50(80-61)36-70-38(3)63)81-60-58(73-33-46-28-19-12-20-29-46)55(72-32-45-26-17-11-18-27-45)51(71-31-44-24-15-10-16-25-44)48(79-60)34-68-30-43-22-13-9-14-23-43/h8-20,22-29,47-61H,1,21,30-36H2,2-7H3/t47-,48-,49-,50-,51+,52+,53-,54+,55+,56-,57+,58-,59-,60-,61+/m1/s1. The van der Waals surface area contributed by atoms with Crippen molar-refractivity contribution in [3.63, 3.8) is 0 Å². The van der Waals surface area contributed by atoms with E-state index in [4.69, 9.17) is 71.1 Å². The second-order valence-corrected chi connectivity index (χ2v) is 19.7. The van der Waals surface area contributed by atoms with Gasteiger partial charge in [-0.25, -0.2) is 0 Å². The Morgan fingerprint density at radius 2 is 0.732 bits per heavy atom. The normalized spacial score (nSPS) is 27.9. The molecule has 3 heterocycles. The van der Waals surface area contributed by atoms with Crippen LogP contribution >= 0.6 is 0 Å². The highest BCUT2D eigenvalue weighted by Gasteiger charge is 2.59. The van der Waals surface area contributed by atoms with Crippen LogP contribution in [0.15, 0.2) is 134 Å². The van der Waals surface area contributed by atoms with Gasteiger partial charge in [0.1, 0.15) is 68.1 Å². The average Bonchev–Trinajstić information content (AvgIpc) is 2.57. The zero-order valence-corrected chi connectivity index (χ0v) is 46.7. The Hall–Kier alpha value is -6.92. The molecule has 3 aliphatic rings. The lowest BCUT2D eigenvalue weighted by Crippen LogP contribution is -2.68. The van der Waals surface area contributed by atoms with Crippen LogP contribution in [0.4, 0.5) is 0 Å². The molecule has 7 rings (SSSR count). The summed E-state index contributed by atoms with van der Waals surface area (Å²) in [5.41, 5.74) is 3.34. The molecule has 0 spiro atoms. The minimum absolute atomic E-state index is 0.00136. The van der Waals surface area contributed by atoms with Gasteiger partial charge in [-0.2, -0.15) is 0 Å². The molecule has 3 aliphatic heterocycles. The van der Waals surface area contributed by atoms with Crippen LogP contribution in [0.2, 0.25) is 0 Å². The van der Waals surface area contributed by atoms with E-state index in [2.05, 4.69) is 6.58 Å². The van der Waals surface area contributed by atoms with Gasteiger partial charge in [0.25, 0.3) is 0 Å². The Bertz CT molecular complexity index is 2660. The van der Waals surface area contributed by atoms with E-state index in [0.717, 1.165) is 56.9 Å². The predicted octanol–water partition coefficient (Wildman–Crippen LogP) is 6.38. The summed E-state index contributed by atoms with van der Waals surface area (Å²) in [6.45, 7) is 9.79. The fraction of sp³-hybridized carbons (Fsp3) is 0.475. The summed E-state index contributed by atoms with van der Waals surface area (Å²) in [4.78, 5) is 77.6. The van der Waals surface area contributed by atoms with E-state index >= 15 is 0 Å². The first-order valence-corrected chi connectivity index (χ1v) is 27.0. The highest BCUT2D eigenvalue weighted by molar-refractivity contribution is 5.69. The molecule has 0 amide bonds. The van der Waals surface area contributed by atoms with Crippen molar-refractivity contribution >= 4 is 35.8 Å². The topological polar surface area (TPSA) is 241 Å². The summed E-state index contributed by atoms with van der Waals surface area (Å²) >= 11 is 0. The largest absolute Gasteiger partial charge is 0.463 e. The molecule has 0 saturated carbocycles. The van der Waals surface area contributed by atoms with Gasteiger partial charge in [-0.05, 0) is 28.7 Å². The van der Waals surface area contributed by atoms with Gasteiger partial charge in [0, 0.05) is 41.5 Å². The molecule has 0 unspecified atom stereocenters. The number of hydrogen-bond donors (Lipinski definition) is 0. The maximum atomic E-state index is 13.5. The van der Waals surface area contributed by atoms with E-state index in [1.165, 1.54) is 13.0 Å². The molecule has 82 heavy (non-hydrogen) atoms. The van der Waals surface area contributed by atoms with Gasteiger partial charge in [-0.3, -0.25) is 28.8 Å². The first kappa shape index (κ1) is 62.7. The SMILES string of the molecule is C=CC[C@H]1O[C@H](COC(C)=O)[C@@H](O[C@@H]2O[C@H](COC(C)=O)[C@H](O[C@H]3O[C@H](COCc4ccccc4)[C@H](OCc4ccccc4)[C@H](OCc4ccccc4)[C@H]3OCc3ccccc3)[C@H](OC(C)=O)[C@H]2OC(C)=O)[C@H](OC(C)=O)[C@H]1OC(C)=O. The molecule has 3 saturated heterocycles. The molecule has 0 aliphatic carbocycles. The molecule has 0 aromatic heterocycles. The van der Waals surface area contributed by atoms with E-state index in [-0.39, 0.29) is 39.5 Å². The first-order valence-electron chi connectivity index (χ1n) is 27.0. The van der Waals surface area contributed by atoms with Crippen LogP contribution in [0.25, 0.3) is 0 Å². The molecule has 0 radical (unpaired) electrons. The van der Waals surface area contributed by atoms with Gasteiger partial charge in [0.15, 0.2) is 37.0 Å². The summed E-state index contributed by atoms with van der Waals surface area (Å²) < 4.78 is 95.6. The van der Waals surface area contributed by atoms with Crippen LogP contribution in [0.1, 0.15) is 70.2 Å². The minimum Gasteiger partial charge on any atom is -0.463 e. The summed E-state index contributed by atoms with van der Waals surface area (Å²) in [5, 5.41) is 0. The van der Waals surface area contributed by atoms with E-state index < -0.39 is 141 Å². The number of carbonyl (C=O) groups excluding carboxylic acids is 6. The highest BCUT2D eigenvalue weighted by atomic mass is 16.8. The Kier molecular flexibility index (Phi) is 24.1. The maximum absolute atomic E-state index is 13.5. The molecule has 4 aromatic rings. The molecule has 3 fully saturated rings. The zero-order valence-electron chi connectivity index (χ0n) is 46.7. The van der Waals surface area contributed by atoms with Crippen molar-refractivity contribution in [2.45, 2.75) is 166 Å². The van der Waals surface area contributed by atoms with Crippen LogP contribution < -0.4 is 0 Å². The Morgan fingerprint density at radius 3 is 1.16 bits per heavy atom. The minimum atomic E-state index is -1.84. The fourth-order valence-electron chi connectivity index (χ4n) is 9.80. The summed E-state index contributed by atoms with van der Waals surface area (Å²) in [5.74, 6) is -4.86. The van der Waals surface area contributed by atoms with E-state index in [1.54, 1.807) is 0 Å². The van der Waals surface area contributed by atoms with Crippen LogP contribution in [0, 0.1) is 0 Å². The molecule has 0 bridgehead atoms. The van der Waals surface area contributed by atoms with E-state index in [1.807, 2.05) is 121 Å². The number of ether oxygens (including phenoxy) is 15. The van der Waals surface area contributed by atoms with Gasteiger partial charge >= 0.3 is 35.8 Å². The Morgan fingerprint density at radius 1 is 0.378 bits per heavy atom. The van der Waals surface area contributed by atoms with Crippen molar-refractivity contribution in [1.29, 1.82) is 0 Å². The second-order valence-electron chi connectivity index (χ2n) is 19.7. The van der Waals surface area contributed by atoms with Crippen LogP contribution in [-0.4, -0.2) is 148 Å². The lowest BCUT2D eigenvalue weighted by atomic mass is 9.92. The second kappa shape index (κ2) is 31.5. The lowest BCUT2D eigenvalue weighted by Gasteiger charge is -2.51. The smallest absolute Gasteiger partial charge is 0.303 e. The maximum Gasteiger partial charge on any atom is 0.303 e. The third-order valence-corrected chi connectivity index (χ3v) is 13.3. The molecule has 4 aromatic carbocycles. The van der Waals surface area contributed by atoms with Crippen LogP contribution in [0.5, 0.6) is 0 Å². The van der Waals surface area contributed by atoms with E-state index in [0.29, 0.717) is 0 Å². The molecular formula is C61H72O21. The van der Waals surface area contributed by atoms with Crippen LogP contribution in [0.3, 0.4) is 0 Å². The predicted molar refractivity (Wildman–Crippen MR) is 287 cm³/mol. The Labute approximate surface area is 476 Å². The number of benzene rings is 4. The third-order valence-electron chi connectivity index (χ3n) is 13.3. The number of hydrogen-bond acceptors (Lipinski definition) is 21. The lowest BCUT2D eigenvalue weighted by molar-refractivity contribution is -0.380. The van der Waals surface area contributed by atoms with Crippen molar-refractivity contribution in [2.75, 3.05) is 19.8 Å². The summed E-state index contributed by atoms with van der Waals surface area (Å²) in [6, 6.07) is 37.9. The zero-order chi connectivity index (χ0) is 58.5. The quantitative estimate of drug-likeness (QED) is 0.0357. The number of carbonyl (C=O) groups is 6.